The zero-order valence-electron chi connectivity index (χ0n) is 17.3. The van der Waals surface area contributed by atoms with Crippen LogP contribution in [0, 0.1) is 5.92 Å². The Bertz CT molecular complexity index is 1320. The topological polar surface area (TPSA) is 101 Å². The van der Waals surface area contributed by atoms with Gasteiger partial charge >= 0.3 is 0 Å². The second kappa shape index (κ2) is 8.87. The van der Waals surface area contributed by atoms with Crippen molar-refractivity contribution in [3.8, 4) is 21.8 Å². The van der Waals surface area contributed by atoms with E-state index in [1.54, 1.807) is 22.7 Å². The van der Waals surface area contributed by atoms with Gasteiger partial charge in [0.15, 0.2) is 5.82 Å². The van der Waals surface area contributed by atoms with Crippen molar-refractivity contribution in [2.45, 2.75) is 12.8 Å². The molecule has 0 spiro atoms. The molecule has 3 aromatic heterocycles. The van der Waals surface area contributed by atoms with Crippen molar-refractivity contribution in [1.82, 2.24) is 14.7 Å². The molecule has 0 amide bonds. The minimum atomic E-state index is -3.70. The van der Waals surface area contributed by atoms with Gasteiger partial charge in [-0.15, -0.1) is 22.7 Å². The van der Waals surface area contributed by atoms with Crippen LogP contribution in [0.2, 0.25) is 0 Å². The molecule has 0 bridgehead atoms. The number of hydrogen-bond acceptors (Lipinski definition) is 7. The van der Waals surface area contributed by atoms with Gasteiger partial charge in [0, 0.05) is 30.6 Å². The number of anilines is 1. The quantitative estimate of drug-likeness (QED) is 0.428. The Labute approximate surface area is 195 Å². The molecule has 7 nitrogen and oxygen atoms in total. The van der Waals surface area contributed by atoms with Crippen molar-refractivity contribution < 1.29 is 8.42 Å². The van der Waals surface area contributed by atoms with Crippen LogP contribution in [0.4, 0.5) is 5.82 Å². The number of piperidine rings is 1. The first-order chi connectivity index (χ1) is 15.5. The number of fused-ring (bicyclic) bond motifs is 1. The standard InChI is InChI=1S/C22H23N5O2S3/c23-32(28,29)24-12-15-6-4-10-27(13-15)21-19-17(16-7-2-1-3-8-16)14-31-22(19)26-20(25-21)18-9-5-11-30-18/h1-3,5,7-9,11,14-15,24H,4,6,10,12-13H2,(H2,23,28,29). The van der Waals surface area contributed by atoms with Gasteiger partial charge in [0.25, 0.3) is 10.2 Å². The van der Waals surface area contributed by atoms with E-state index < -0.39 is 10.2 Å². The van der Waals surface area contributed by atoms with Gasteiger partial charge in [-0.2, -0.15) is 8.42 Å². The summed E-state index contributed by atoms with van der Waals surface area (Å²) in [6, 6.07) is 14.3. The van der Waals surface area contributed by atoms with Crippen LogP contribution < -0.4 is 14.8 Å². The van der Waals surface area contributed by atoms with Gasteiger partial charge < -0.3 is 4.90 Å². The van der Waals surface area contributed by atoms with Crippen LogP contribution in [-0.2, 0) is 10.2 Å². The highest BCUT2D eigenvalue weighted by atomic mass is 32.2. The van der Waals surface area contributed by atoms with Crippen LogP contribution in [0.25, 0.3) is 32.0 Å². The van der Waals surface area contributed by atoms with Crippen LogP contribution in [-0.4, -0.2) is 38.0 Å². The van der Waals surface area contributed by atoms with E-state index in [-0.39, 0.29) is 5.92 Å². The number of rotatable bonds is 6. The molecule has 1 aliphatic rings. The number of nitrogens with two attached hydrogens (primary N) is 1. The molecule has 0 saturated carbocycles. The largest absolute Gasteiger partial charge is 0.356 e. The molecule has 3 N–H and O–H groups in total. The Balaban J connectivity index is 1.58. The first-order valence-corrected chi connectivity index (χ1v) is 13.7. The third-order valence-electron chi connectivity index (χ3n) is 5.63. The molecule has 10 heteroatoms. The Morgan fingerprint density at radius 3 is 2.72 bits per heavy atom. The number of hydrogen-bond donors (Lipinski definition) is 2. The summed E-state index contributed by atoms with van der Waals surface area (Å²) in [4.78, 5) is 14.2. The minimum absolute atomic E-state index is 0.163. The van der Waals surface area contributed by atoms with Crippen LogP contribution in [0.1, 0.15) is 12.8 Å². The van der Waals surface area contributed by atoms with Gasteiger partial charge in [0.2, 0.25) is 0 Å². The molecular weight excluding hydrogens is 462 g/mol. The van der Waals surface area contributed by atoms with Crippen molar-refractivity contribution in [2.75, 3.05) is 24.5 Å². The maximum atomic E-state index is 11.4. The Morgan fingerprint density at radius 2 is 1.97 bits per heavy atom. The van der Waals surface area contributed by atoms with E-state index in [0.29, 0.717) is 13.1 Å². The maximum Gasteiger partial charge on any atom is 0.274 e. The molecule has 166 valence electrons. The summed E-state index contributed by atoms with van der Waals surface area (Å²) in [6.07, 6.45) is 1.90. The molecule has 1 saturated heterocycles. The smallest absolute Gasteiger partial charge is 0.274 e. The number of nitrogens with one attached hydrogen (secondary N) is 1. The highest BCUT2D eigenvalue weighted by molar-refractivity contribution is 7.87. The summed E-state index contributed by atoms with van der Waals surface area (Å²) in [5, 5.41) is 10.4. The molecular formula is C22H23N5O2S3. The third-order valence-corrected chi connectivity index (χ3v) is 7.94. The lowest BCUT2D eigenvalue weighted by Gasteiger charge is -2.34. The monoisotopic (exact) mass is 485 g/mol. The third kappa shape index (κ3) is 4.55. The number of benzene rings is 1. The highest BCUT2D eigenvalue weighted by Crippen LogP contribution is 2.40. The zero-order chi connectivity index (χ0) is 22.1. The molecule has 4 aromatic rings. The SMILES string of the molecule is NS(=O)(=O)NCC1CCCN(c2nc(-c3cccs3)nc3scc(-c4ccccc4)c23)C1. The van der Waals surface area contributed by atoms with E-state index in [1.807, 2.05) is 35.7 Å². The molecule has 1 aliphatic heterocycles. The van der Waals surface area contributed by atoms with E-state index in [9.17, 15) is 8.42 Å². The Morgan fingerprint density at radius 1 is 1.12 bits per heavy atom. The number of nitrogens with zero attached hydrogens (tertiary/aromatic N) is 3. The summed E-state index contributed by atoms with van der Waals surface area (Å²) in [5.41, 5.74) is 2.26. The summed E-state index contributed by atoms with van der Waals surface area (Å²) in [6.45, 7) is 1.91. The molecule has 1 aromatic carbocycles. The zero-order valence-corrected chi connectivity index (χ0v) is 19.7. The van der Waals surface area contributed by atoms with Crippen LogP contribution >= 0.6 is 22.7 Å². The highest BCUT2D eigenvalue weighted by Gasteiger charge is 2.26. The van der Waals surface area contributed by atoms with Crippen LogP contribution in [0.15, 0.2) is 53.2 Å². The Kier molecular flexibility index (Phi) is 5.95. The Hall–Kier alpha value is -2.37. The van der Waals surface area contributed by atoms with E-state index in [2.05, 4.69) is 27.1 Å². The maximum absolute atomic E-state index is 11.4. The van der Waals surface area contributed by atoms with Gasteiger partial charge in [-0.3, -0.25) is 0 Å². The second-order valence-electron chi connectivity index (χ2n) is 7.89. The number of thiophene rings is 2. The van der Waals surface area contributed by atoms with Crippen molar-refractivity contribution in [2.24, 2.45) is 11.1 Å². The normalized spacial score (nSPS) is 17.2. The predicted molar refractivity (Wildman–Crippen MR) is 132 cm³/mol. The van der Waals surface area contributed by atoms with Crippen LogP contribution in [0.3, 0.4) is 0 Å². The molecule has 0 radical (unpaired) electrons. The van der Waals surface area contributed by atoms with Gasteiger partial charge in [-0.25, -0.2) is 19.8 Å². The van der Waals surface area contributed by atoms with Gasteiger partial charge in [0.1, 0.15) is 10.6 Å². The van der Waals surface area contributed by atoms with Gasteiger partial charge in [0.05, 0.1) is 10.3 Å². The summed E-state index contributed by atoms with van der Waals surface area (Å²) in [5.74, 6) is 1.81. The average molecular weight is 486 g/mol. The first kappa shape index (κ1) is 21.5. The van der Waals surface area contributed by atoms with Crippen molar-refractivity contribution in [1.29, 1.82) is 0 Å². The van der Waals surface area contributed by atoms with Crippen LogP contribution in [0.5, 0.6) is 0 Å². The lowest BCUT2D eigenvalue weighted by Crippen LogP contribution is -2.42. The molecule has 0 aliphatic carbocycles. The fourth-order valence-corrected chi connectivity index (χ4v) is 6.22. The predicted octanol–water partition coefficient (Wildman–Crippen LogP) is 4.10. The van der Waals surface area contributed by atoms with Gasteiger partial charge in [-0.05, 0) is 35.8 Å². The van der Waals surface area contributed by atoms with Gasteiger partial charge in [-0.1, -0.05) is 36.4 Å². The van der Waals surface area contributed by atoms with E-state index in [1.165, 1.54) is 0 Å². The average Bonchev–Trinajstić information content (AvgIpc) is 3.48. The van der Waals surface area contributed by atoms with E-state index in [4.69, 9.17) is 15.1 Å². The molecule has 32 heavy (non-hydrogen) atoms. The fraction of sp³-hybridized carbons (Fsp3) is 0.273. The summed E-state index contributed by atoms with van der Waals surface area (Å²) in [7, 11) is -3.70. The molecule has 1 atom stereocenters. The summed E-state index contributed by atoms with van der Waals surface area (Å²) >= 11 is 3.26. The number of aromatic nitrogens is 2. The van der Waals surface area contributed by atoms with E-state index >= 15 is 0 Å². The lowest BCUT2D eigenvalue weighted by molar-refractivity contribution is 0.410. The molecule has 4 heterocycles. The first-order valence-electron chi connectivity index (χ1n) is 10.4. The minimum Gasteiger partial charge on any atom is -0.356 e. The van der Waals surface area contributed by atoms with Crippen molar-refractivity contribution in [3.63, 3.8) is 0 Å². The molecule has 5 rings (SSSR count). The van der Waals surface area contributed by atoms with Crippen molar-refractivity contribution in [3.05, 3.63) is 53.2 Å². The lowest BCUT2D eigenvalue weighted by atomic mass is 9.97. The molecule has 1 unspecified atom stereocenters. The summed E-state index contributed by atoms with van der Waals surface area (Å²) < 4.78 is 25.2. The molecule has 1 fully saturated rings. The van der Waals surface area contributed by atoms with E-state index in [0.717, 1.165) is 57.2 Å². The fourth-order valence-electron chi connectivity index (χ4n) is 4.16. The van der Waals surface area contributed by atoms with Crippen molar-refractivity contribution >= 4 is 48.9 Å². The second-order valence-corrected chi connectivity index (χ2v) is 11.1.